The molecule has 2 aromatic rings. The number of nitriles is 1. The molecule has 1 saturated heterocycles. The summed E-state index contributed by atoms with van der Waals surface area (Å²) in [4.78, 5) is 8.23. The molecule has 2 heterocycles. The lowest BCUT2D eigenvalue weighted by atomic mass is 10.2. The van der Waals surface area contributed by atoms with Crippen LogP contribution in [0.3, 0.4) is 0 Å². The van der Waals surface area contributed by atoms with Crippen LogP contribution in [0, 0.1) is 11.3 Å². The molecule has 1 aromatic heterocycles. The molecule has 0 saturated carbocycles. The molecule has 130 valence electrons. The van der Waals surface area contributed by atoms with Crippen molar-refractivity contribution >= 4 is 10.0 Å². The normalized spacial score (nSPS) is 17.8. The van der Waals surface area contributed by atoms with Gasteiger partial charge in [0.05, 0.1) is 30.2 Å². The fourth-order valence-electron chi connectivity index (χ4n) is 2.55. The van der Waals surface area contributed by atoms with E-state index in [1.165, 1.54) is 48.1 Å². The molecule has 0 radical (unpaired) electrons. The Morgan fingerprint density at radius 2 is 1.88 bits per heavy atom. The van der Waals surface area contributed by atoms with E-state index in [0.717, 1.165) is 0 Å². The van der Waals surface area contributed by atoms with Gasteiger partial charge in [-0.05, 0) is 30.7 Å². The number of rotatable bonds is 5. The molecule has 0 unspecified atom stereocenters. The van der Waals surface area contributed by atoms with E-state index < -0.39 is 10.0 Å². The van der Waals surface area contributed by atoms with Gasteiger partial charge in [0.2, 0.25) is 10.0 Å². The Bertz CT molecular complexity index is 893. The van der Waals surface area contributed by atoms with Crippen LogP contribution >= 0.6 is 0 Å². The Morgan fingerprint density at radius 1 is 1.20 bits per heavy atom. The summed E-state index contributed by atoms with van der Waals surface area (Å²) < 4.78 is 37.6. The number of hydrogen-bond acceptors (Lipinski definition) is 7. The van der Waals surface area contributed by atoms with Crippen LogP contribution in [0.5, 0.6) is 11.8 Å². The Hall–Kier alpha value is -2.70. The molecule has 0 amide bonds. The first-order valence-corrected chi connectivity index (χ1v) is 9.00. The quantitative estimate of drug-likeness (QED) is 0.789. The average Bonchev–Trinajstić information content (AvgIpc) is 3.11. The lowest BCUT2D eigenvalue weighted by Gasteiger charge is -2.17. The predicted molar refractivity (Wildman–Crippen MR) is 87.5 cm³/mol. The highest BCUT2D eigenvalue weighted by Crippen LogP contribution is 2.26. The van der Waals surface area contributed by atoms with E-state index in [4.69, 9.17) is 14.7 Å². The summed E-state index contributed by atoms with van der Waals surface area (Å²) in [5, 5.41) is 8.81. The molecule has 25 heavy (non-hydrogen) atoms. The van der Waals surface area contributed by atoms with Crippen molar-refractivity contribution in [2.75, 3.05) is 20.2 Å². The van der Waals surface area contributed by atoms with Crippen LogP contribution in [0.2, 0.25) is 0 Å². The highest BCUT2D eigenvalue weighted by atomic mass is 32.2. The summed E-state index contributed by atoms with van der Waals surface area (Å²) in [6, 6.07) is 7.82. The van der Waals surface area contributed by atoms with Crippen molar-refractivity contribution in [3.63, 3.8) is 0 Å². The minimum absolute atomic E-state index is 0.157. The van der Waals surface area contributed by atoms with Gasteiger partial charge in [-0.1, -0.05) is 0 Å². The molecule has 9 heteroatoms. The van der Waals surface area contributed by atoms with E-state index in [1.54, 1.807) is 0 Å². The molecule has 0 aliphatic carbocycles. The Morgan fingerprint density at radius 3 is 2.52 bits per heavy atom. The summed E-state index contributed by atoms with van der Waals surface area (Å²) in [5.74, 6) is 0.503. The number of nitrogens with zero attached hydrogens (tertiary/aromatic N) is 4. The first-order valence-electron chi connectivity index (χ1n) is 7.56. The van der Waals surface area contributed by atoms with Crippen LogP contribution in [0.4, 0.5) is 0 Å². The second kappa shape index (κ2) is 7.04. The third kappa shape index (κ3) is 3.55. The lowest BCUT2D eigenvalue weighted by molar-refractivity contribution is 0.194. The van der Waals surface area contributed by atoms with Crippen molar-refractivity contribution in [1.82, 2.24) is 14.3 Å². The first kappa shape index (κ1) is 17.1. The molecular weight excluding hydrogens is 344 g/mol. The van der Waals surface area contributed by atoms with Crippen molar-refractivity contribution in [1.29, 1.82) is 5.26 Å². The highest BCUT2D eigenvalue weighted by Gasteiger charge is 2.34. The van der Waals surface area contributed by atoms with Gasteiger partial charge in [-0.2, -0.15) is 9.57 Å². The Labute approximate surface area is 145 Å². The van der Waals surface area contributed by atoms with E-state index in [-0.39, 0.29) is 29.3 Å². The van der Waals surface area contributed by atoms with Gasteiger partial charge >= 0.3 is 0 Å². The van der Waals surface area contributed by atoms with Crippen molar-refractivity contribution in [3.8, 4) is 17.8 Å². The summed E-state index contributed by atoms with van der Waals surface area (Å²) in [6.07, 6.45) is 3.17. The average molecular weight is 360 g/mol. The molecule has 1 atom stereocenters. The number of ether oxygens (including phenoxy) is 2. The third-order valence-corrected chi connectivity index (χ3v) is 5.71. The van der Waals surface area contributed by atoms with Gasteiger partial charge in [-0.3, -0.25) is 0 Å². The maximum Gasteiger partial charge on any atom is 0.278 e. The number of methoxy groups -OCH3 is 1. The molecule has 1 aliphatic heterocycles. The maximum atomic E-state index is 12.7. The molecule has 0 bridgehead atoms. The monoisotopic (exact) mass is 360 g/mol. The third-order valence-electron chi connectivity index (χ3n) is 3.83. The van der Waals surface area contributed by atoms with E-state index in [2.05, 4.69) is 9.97 Å². The van der Waals surface area contributed by atoms with Gasteiger partial charge in [-0.15, -0.1) is 0 Å². The fraction of sp³-hybridized carbons (Fsp3) is 0.312. The van der Waals surface area contributed by atoms with Gasteiger partial charge in [0.1, 0.15) is 6.10 Å². The van der Waals surface area contributed by atoms with E-state index in [1.807, 2.05) is 6.07 Å². The number of aromatic nitrogens is 2. The fourth-order valence-corrected chi connectivity index (χ4v) is 4.04. The van der Waals surface area contributed by atoms with Crippen LogP contribution in [-0.4, -0.2) is 49.0 Å². The van der Waals surface area contributed by atoms with Crippen LogP contribution in [0.1, 0.15) is 12.0 Å². The number of benzene rings is 1. The minimum atomic E-state index is -3.63. The van der Waals surface area contributed by atoms with E-state index in [9.17, 15) is 8.42 Å². The maximum absolute atomic E-state index is 12.7. The van der Waals surface area contributed by atoms with Gasteiger partial charge < -0.3 is 9.47 Å². The van der Waals surface area contributed by atoms with Crippen LogP contribution in [0.25, 0.3) is 0 Å². The smallest absolute Gasteiger partial charge is 0.278 e. The Balaban J connectivity index is 1.72. The summed E-state index contributed by atoms with van der Waals surface area (Å²) in [7, 11) is -2.16. The van der Waals surface area contributed by atoms with Gasteiger partial charge in [0.25, 0.3) is 11.8 Å². The largest absolute Gasteiger partial charge is 0.477 e. The molecular formula is C16H16N4O4S. The standard InChI is InChI=1S/C16H16N4O4S/c1-23-15-16(19-8-7-18-15)24-13-6-9-20(11-13)25(21,22)14-4-2-12(10-17)3-5-14/h2-5,7-8,13H,6,9,11H2,1H3/t13-/m1/s1. The van der Waals surface area contributed by atoms with Crippen molar-refractivity contribution in [3.05, 3.63) is 42.2 Å². The topological polar surface area (TPSA) is 105 Å². The van der Waals surface area contributed by atoms with Gasteiger partial charge in [0, 0.05) is 18.9 Å². The first-order chi connectivity index (χ1) is 12.0. The molecule has 8 nitrogen and oxygen atoms in total. The zero-order chi connectivity index (χ0) is 17.9. The van der Waals surface area contributed by atoms with E-state index >= 15 is 0 Å². The van der Waals surface area contributed by atoms with E-state index in [0.29, 0.717) is 18.5 Å². The molecule has 3 rings (SSSR count). The number of sulfonamides is 1. The summed E-state index contributed by atoms with van der Waals surface area (Å²) in [5.41, 5.74) is 0.413. The van der Waals surface area contributed by atoms with Gasteiger partial charge in [-0.25, -0.2) is 18.4 Å². The van der Waals surface area contributed by atoms with Crippen LogP contribution in [-0.2, 0) is 10.0 Å². The van der Waals surface area contributed by atoms with Crippen molar-refractivity contribution in [2.45, 2.75) is 17.4 Å². The zero-order valence-electron chi connectivity index (χ0n) is 13.5. The van der Waals surface area contributed by atoms with Crippen molar-refractivity contribution in [2.24, 2.45) is 0 Å². The second-order valence-electron chi connectivity index (χ2n) is 5.40. The van der Waals surface area contributed by atoms with Crippen molar-refractivity contribution < 1.29 is 17.9 Å². The summed E-state index contributed by atoms with van der Waals surface area (Å²) >= 11 is 0. The predicted octanol–water partition coefficient (Wildman–Crippen LogP) is 1.20. The molecule has 0 N–H and O–H groups in total. The molecule has 1 fully saturated rings. The lowest BCUT2D eigenvalue weighted by Crippen LogP contribution is -2.31. The number of hydrogen-bond donors (Lipinski definition) is 0. The minimum Gasteiger partial charge on any atom is -0.477 e. The zero-order valence-corrected chi connectivity index (χ0v) is 14.3. The highest BCUT2D eigenvalue weighted by molar-refractivity contribution is 7.89. The van der Waals surface area contributed by atoms with Crippen LogP contribution in [0.15, 0.2) is 41.6 Å². The van der Waals surface area contributed by atoms with Gasteiger partial charge in [0.15, 0.2) is 0 Å². The molecule has 0 spiro atoms. The summed E-state index contributed by atoms with van der Waals surface area (Å²) in [6.45, 7) is 0.553. The molecule has 1 aliphatic rings. The second-order valence-corrected chi connectivity index (χ2v) is 7.34. The van der Waals surface area contributed by atoms with Crippen LogP contribution < -0.4 is 9.47 Å². The molecule has 1 aromatic carbocycles. The Kier molecular flexibility index (Phi) is 4.83. The SMILES string of the molecule is COc1nccnc1O[C@@H]1CCN(S(=O)(=O)c2ccc(C#N)cc2)C1.